The molecule has 170 valence electrons. The third kappa shape index (κ3) is 3.35. The number of aromatic nitrogens is 3. The van der Waals surface area contributed by atoms with E-state index in [1.807, 2.05) is 41.3 Å². The summed E-state index contributed by atoms with van der Waals surface area (Å²) in [4.78, 5) is 4.76. The molecule has 7 heteroatoms. The summed E-state index contributed by atoms with van der Waals surface area (Å²) in [5.74, 6) is 2.39. The second-order valence-corrected chi connectivity index (χ2v) is 9.18. The molecule has 4 aromatic rings. The number of rotatable bonds is 4. The van der Waals surface area contributed by atoms with Crippen molar-refractivity contribution in [2.75, 3.05) is 18.7 Å². The highest BCUT2D eigenvalue weighted by atomic mass is 32.2. The average Bonchev–Trinajstić information content (AvgIpc) is 3.30. The number of methoxy groups -OCH3 is 1. The molecule has 3 heterocycles. The number of anilines is 1. The molecule has 0 aliphatic carbocycles. The van der Waals surface area contributed by atoms with Crippen LogP contribution < -0.4 is 14.8 Å². The first kappa shape index (κ1) is 20.9. The Labute approximate surface area is 202 Å². The molecule has 2 unspecified atom stereocenters. The van der Waals surface area contributed by atoms with E-state index in [-0.39, 0.29) is 12.1 Å². The number of ether oxygens (including phenoxy) is 2. The predicted molar refractivity (Wildman–Crippen MR) is 134 cm³/mol. The highest BCUT2D eigenvalue weighted by Gasteiger charge is 2.41. The van der Waals surface area contributed by atoms with Gasteiger partial charge in [0.1, 0.15) is 23.6 Å². The van der Waals surface area contributed by atoms with Crippen LogP contribution in [-0.2, 0) is 0 Å². The van der Waals surface area contributed by atoms with Crippen LogP contribution in [0.3, 0.4) is 0 Å². The lowest BCUT2D eigenvalue weighted by atomic mass is 9.84. The van der Waals surface area contributed by atoms with E-state index in [1.54, 1.807) is 7.11 Å². The minimum absolute atomic E-state index is 0.190. The maximum atomic E-state index is 6.68. The molecule has 2 aliphatic heterocycles. The van der Waals surface area contributed by atoms with Gasteiger partial charge in [0.15, 0.2) is 0 Å². The molecule has 6 nitrogen and oxygen atoms in total. The zero-order valence-electron chi connectivity index (χ0n) is 19.1. The van der Waals surface area contributed by atoms with Crippen molar-refractivity contribution in [1.82, 2.24) is 14.8 Å². The van der Waals surface area contributed by atoms with Crippen LogP contribution in [0.4, 0.5) is 5.95 Å². The lowest BCUT2D eigenvalue weighted by molar-refractivity contribution is 0.223. The number of para-hydroxylation sites is 1. The Balaban J connectivity index is 1.61. The van der Waals surface area contributed by atoms with Crippen LogP contribution in [0.1, 0.15) is 34.4 Å². The fourth-order valence-corrected chi connectivity index (χ4v) is 5.01. The zero-order chi connectivity index (χ0) is 23.2. The van der Waals surface area contributed by atoms with Crippen LogP contribution in [0.2, 0.25) is 0 Å². The van der Waals surface area contributed by atoms with Gasteiger partial charge in [-0.05, 0) is 48.6 Å². The number of nitrogens with one attached hydrogen (secondary N) is 1. The molecule has 3 aromatic carbocycles. The van der Waals surface area contributed by atoms with Crippen molar-refractivity contribution >= 4 is 23.4 Å². The van der Waals surface area contributed by atoms with Crippen molar-refractivity contribution in [1.29, 1.82) is 0 Å². The standard InChI is InChI=1S/C27H24N4O2S/c1-16-8-10-18(11-9-16)25-22-23(20-6-4-5-7-21(20)33-25)28-26-29-27(34-3)30-31(26)24(22)17-12-14-19(32-2)15-13-17/h4-15,24-25H,1-3H3,(H,28,29,30). The number of nitrogens with zero attached hydrogens (tertiary/aromatic N) is 3. The topological polar surface area (TPSA) is 61.2 Å². The van der Waals surface area contributed by atoms with Gasteiger partial charge in [0, 0.05) is 11.1 Å². The Morgan fingerprint density at radius 1 is 0.971 bits per heavy atom. The SMILES string of the molecule is COc1ccc(C2C3=C(Nc4nc(SC)nn42)c2ccccc2OC3c2ccc(C)cc2)cc1. The lowest BCUT2D eigenvalue weighted by Crippen LogP contribution is -2.32. The maximum absolute atomic E-state index is 6.68. The summed E-state index contributed by atoms with van der Waals surface area (Å²) < 4.78 is 14.1. The van der Waals surface area contributed by atoms with E-state index in [0.29, 0.717) is 0 Å². The van der Waals surface area contributed by atoms with Gasteiger partial charge in [-0.15, -0.1) is 5.10 Å². The smallest absolute Gasteiger partial charge is 0.227 e. The third-order valence-corrected chi connectivity index (χ3v) is 6.89. The first-order chi connectivity index (χ1) is 16.7. The molecule has 0 bridgehead atoms. The van der Waals surface area contributed by atoms with Gasteiger partial charge in [-0.1, -0.05) is 65.9 Å². The van der Waals surface area contributed by atoms with Crippen LogP contribution >= 0.6 is 11.8 Å². The Hall–Kier alpha value is -3.71. The molecule has 2 atom stereocenters. The molecule has 6 rings (SSSR count). The highest BCUT2D eigenvalue weighted by molar-refractivity contribution is 7.98. The zero-order valence-corrected chi connectivity index (χ0v) is 20.0. The fourth-order valence-electron chi connectivity index (χ4n) is 4.67. The Morgan fingerprint density at radius 2 is 1.71 bits per heavy atom. The highest BCUT2D eigenvalue weighted by Crippen LogP contribution is 2.50. The molecule has 0 amide bonds. The minimum Gasteiger partial charge on any atom is -0.497 e. The lowest BCUT2D eigenvalue weighted by Gasteiger charge is -2.39. The van der Waals surface area contributed by atoms with Gasteiger partial charge in [-0.2, -0.15) is 4.98 Å². The summed E-state index contributed by atoms with van der Waals surface area (Å²) in [5.41, 5.74) is 6.57. The summed E-state index contributed by atoms with van der Waals surface area (Å²) in [6.45, 7) is 2.10. The normalized spacial score (nSPS) is 18.3. The van der Waals surface area contributed by atoms with Crippen molar-refractivity contribution in [3.8, 4) is 11.5 Å². The first-order valence-electron chi connectivity index (χ1n) is 11.1. The molecule has 0 spiro atoms. The molecule has 0 fully saturated rings. The molecular weight excluding hydrogens is 444 g/mol. The molecule has 1 N–H and O–H groups in total. The second kappa shape index (κ2) is 8.25. The van der Waals surface area contributed by atoms with Crippen LogP contribution in [0, 0.1) is 6.92 Å². The monoisotopic (exact) mass is 468 g/mol. The molecule has 0 saturated carbocycles. The predicted octanol–water partition coefficient (Wildman–Crippen LogP) is 5.88. The number of aryl methyl sites for hydroxylation is 1. The second-order valence-electron chi connectivity index (χ2n) is 8.40. The summed E-state index contributed by atoms with van der Waals surface area (Å²) in [6.07, 6.45) is 1.71. The number of hydrogen-bond acceptors (Lipinski definition) is 6. The first-order valence-corrected chi connectivity index (χ1v) is 12.4. The van der Waals surface area contributed by atoms with Gasteiger partial charge in [-0.25, -0.2) is 4.68 Å². The van der Waals surface area contributed by atoms with Gasteiger partial charge in [0.2, 0.25) is 11.1 Å². The Bertz CT molecular complexity index is 1390. The number of benzene rings is 3. The number of hydrogen-bond donors (Lipinski definition) is 1. The maximum Gasteiger partial charge on any atom is 0.227 e. The van der Waals surface area contributed by atoms with E-state index in [4.69, 9.17) is 19.6 Å². The summed E-state index contributed by atoms with van der Waals surface area (Å²) in [6, 6.07) is 24.7. The van der Waals surface area contributed by atoms with Gasteiger partial charge in [0.25, 0.3) is 0 Å². The van der Waals surface area contributed by atoms with Crippen LogP contribution in [0.5, 0.6) is 11.5 Å². The van der Waals surface area contributed by atoms with E-state index in [1.165, 1.54) is 17.3 Å². The van der Waals surface area contributed by atoms with Crippen LogP contribution in [-0.4, -0.2) is 28.1 Å². The fraction of sp³-hybridized carbons (Fsp3) is 0.185. The summed E-state index contributed by atoms with van der Waals surface area (Å²) in [5, 5.41) is 9.16. The van der Waals surface area contributed by atoms with Gasteiger partial charge >= 0.3 is 0 Å². The number of fused-ring (bicyclic) bond motifs is 3. The molecule has 1 aromatic heterocycles. The molecule has 0 saturated heterocycles. The van der Waals surface area contributed by atoms with Gasteiger partial charge in [-0.3, -0.25) is 0 Å². The van der Waals surface area contributed by atoms with Crippen LogP contribution in [0.15, 0.2) is 83.5 Å². The van der Waals surface area contributed by atoms with E-state index in [2.05, 4.69) is 54.7 Å². The van der Waals surface area contributed by atoms with E-state index in [0.717, 1.165) is 50.6 Å². The largest absolute Gasteiger partial charge is 0.497 e. The third-order valence-electron chi connectivity index (χ3n) is 6.35. The van der Waals surface area contributed by atoms with Crippen molar-refractivity contribution in [2.45, 2.75) is 24.2 Å². The summed E-state index contributed by atoms with van der Waals surface area (Å²) in [7, 11) is 1.68. The number of thioether (sulfide) groups is 1. The molecule has 34 heavy (non-hydrogen) atoms. The summed E-state index contributed by atoms with van der Waals surface area (Å²) >= 11 is 1.53. The van der Waals surface area contributed by atoms with Crippen LogP contribution in [0.25, 0.3) is 5.70 Å². The van der Waals surface area contributed by atoms with Crippen molar-refractivity contribution in [3.05, 3.63) is 101 Å². The average molecular weight is 469 g/mol. The van der Waals surface area contributed by atoms with Crippen molar-refractivity contribution in [2.24, 2.45) is 0 Å². The molecule has 2 aliphatic rings. The van der Waals surface area contributed by atoms with E-state index >= 15 is 0 Å². The van der Waals surface area contributed by atoms with E-state index in [9.17, 15) is 0 Å². The van der Waals surface area contributed by atoms with Gasteiger partial charge < -0.3 is 14.8 Å². The Morgan fingerprint density at radius 3 is 2.44 bits per heavy atom. The Kier molecular flexibility index (Phi) is 5.07. The van der Waals surface area contributed by atoms with Gasteiger partial charge in [0.05, 0.1) is 12.8 Å². The van der Waals surface area contributed by atoms with Crippen molar-refractivity contribution in [3.63, 3.8) is 0 Å². The molecule has 0 radical (unpaired) electrons. The van der Waals surface area contributed by atoms with Crippen molar-refractivity contribution < 1.29 is 9.47 Å². The minimum atomic E-state index is -0.278. The van der Waals surface area contributed by atoms with E-state index < -0.39 is 0 Å². The quantitative estimate of drug-likeness (QED) is 0.378. The molecular formula is C27H24N4O2S.